The summed E-state index contributed by atoms with van der Waals surface area (Å²) in [6.07, 6.45) is 0.957. The van der Waals surface area contributed by atoms with Gasteiger partial charge in [0.25, 0.3) is 5.91 Å². The summed E-state index contributed by atoms with van der Waals surface area (Å²) in [5, 5.41) is 2.89. The molecule has 0 saturated carbocycles. The minimum Gasteiger partial charge on any atom is -0.494 e. The van der Waals surface area contributed by atoms with E-state index in [1.165, 1.54) is 11.3 Å². The molecule has 1 aromatic carbocycles. The normalized spacial score (nSPS) is 10.3. The largest absolute Gasteiger partial charge is 0.494 e. The molecule has 2 aromatic rings. The molecule has 0 aliphatic carbocycles. The van der Waals surface area contributed by atoms with Gasteiger partial charge in [-0.05, 0) is 53.0 Å². The molecule has 3 nitrogen and oxygen atoms in total. The van der Waals surface area contributed by atoms with Crippen molar-refractivity contribution >= 4 is 38.9 Å². The van der Waals surface area contributed by atoms with E-state index in [0.717, 1.165) is 27.2 Å². The average Bonchev–Trinajstić information content (AvgIpc) is 2.77. The highest BCUT2D eigenvalue weighted by Gasteiger charge is 2.11. The number of anilines is 1. The molecule has 0 fully saturated rings. The van der Waals surface area contributed by atoms with Crippen LogP contribution in [0.25, 0.3) is 0 Å². The predicted octanol–water partition coefficient (Wildman–Crippen LogP) is 4.86. The average molecular weight is 354 g/mol. The highest BCUT2D eigenvalue weighted by molar-refractivity contribution is 9.11. The number of rotatable bonds is 5. The molecule has 2 rings (SSSR count). The second-order valence-corrected chi connectivity index (χ2v) is 6.77. The third-order valence-electron chi connectivity index (χ3n) is 2.65. The Kier molecular flexibility index (Phi) is 5.20. The minimum atomic E-state index is -0.101. The molecule has 1 amide bonds. The van der Waals surface area contributed by atoms with Gasteiger partial charge in [0.15, 0.2) is 0 Å². The van der Waals surface area contributed by atoms with Gasteiger partial charge < -0.3 is 10.1 Å². The summed E-state index contributed by atoms with van der Waals surface area (Å²) in [5.41, 5.74) is 1.81. The second-order valence-electron chi connectivity index (χ2n) is 4.40. The summed E-state index contributed by atoms with van der Waals surface area (Å²) in [6, 6.07) is 9.32. The molecule has 0 aliphatic heterocycles. The van der Waals surface area contributed by atoms with Gasteiger partial charge in [0, 0.05) is 11.8 Å². The maximum Gasteiger partial charge on any atom is 0.265 e. The third-order valence-corrected chi connectivity index (χ3v) is 4.78. The van der Waals surface area contributed by atoms with Gasteiger partial charge in [-0.25, -0.2) is 0 Å². The van der Waals surface area contributed by atoms with Crippen molar-refractivity contribution in [1.82, 2.24) is 0 Å². The molecule has 0 unspecified atom stereocenters. The van der Waals surface area contributed by atoms with Gasteiger partial charge in [-0.15, -0.1) is 11.3 Å². The number of thiophene rings is 1. The van der Waals surface area contributed by atoms with Crippen LogP contribution in [0.1, 0.15) is 28.6 Å². The summed E-state index contributed by atoms with van der Waals surface area (Å²) < 4.78 is 6.54. The van der Waals surface area contributed by atoms with Crippen molar-refractivity contribution in [3.63, 3.8) is 0 Å². The lowest BCUT2D eigenvalue weighted by atomic mass is 10.3. The maximum atomic E-state index is 12.1. The fourth-order valence-corrected chi connectivity index (χ4v) is 3.08. The van der Waals surface area contributed by atoms with Crippen LogP contribution in [0.15, 0.2) is 34.1 Å². The van der Waals surface area contributed by atoms with E-state index < -0.39 is 0 Å². The number of aryl methyl sites for hydroxylation is 1. The van der Waals surface area contributed by atoms with Crippen LogP contribution in [0, 0.1) is 6.92 Å². The highest BCUT2D eigenvalue weighted by atomic mass is 79.9. The highest BCUT2D eigenvalue weighted by Crippen LogP contribution is 2.28. The van der Waals surface area contributed by atoms with Crippen LogP contribution in [-0.2, 0) is 0 Å². The van der Waals surface area contributed by atoms with Gasteiger partial charge >= 0.3 is 0 Å². The van der Waals surface area contributed by atoms with Crippen molar-refractivity contribution < 1.29 is 9.53 Å². The van der Waals surface area contributed by atoms with Crippen LogP contribution < -0.4 is 10.1 Å². The molecule has 0 atom stereocenters. The van der Waals surface area contributed by atoms with Crippen LogP contribution in [-0.4, -0.2) is 12.5 Å². The van der Waals surface area contributed by atoms with Crippen molar-refractivity contribution in [2.75, 3.05) is 11.9 Å². The zero-order valence-corrected chi connectivity index (χ0v) is 13.8. The van der Waals surface area contributed by atoms with Gasteiger partial charge in [-0.1, -0.05) is 13.0 Å². The first-order chi connectivity index (χ1) is 9.60. The van der Waals surface area contributed by atoms with Crippen molar-refractivity contribution in [1.29, 1.82) is 0 Å². The number of hydrogen-bond acceptors (Lipinski definition) is 3. The smallest absolute Gasteiger partial charge is 0.265 e. The molecule has 5 heteroatoms. The van der Waals surface area contributed by atoms with Crippen molar-refractivity contribution in [3.8, 4) is 5.75 Å². The molecule has 0 bridgehead atoms. The first-order valence-corrected chi connectivity index (χ1v) is 8.01. The van der Waals surface area contributed by atoms with Gasteiger partial charge in [-0.3, -0.25) is 4.79 Å². The standard InChI is InChI=1S/C15H16BrNO2S/c1-3-7-19-12-6-4-5-11(9-12)17-15(18)13-8-10(2)14(16)20-13/h4-6,8-9H,3,7H2,1-2H3,(H,17,18). The van der Waals surface area contributed by atoms with Crippen molar-refractivity contribution in [2.45, 2.75) is 20.3 Å². The van der Waals surface area contributed by atoms with Crippen LogP contribution in [0.5, 0.6) is 5.75 Å². The van der Waals surface area contributed by atoms with Crippen LogP contribution >= 0.6 is 27.3 Å². The number of nitrogens with one attached hydrogen (secondary N) is 1. The van der Waals surface area contributed by atoms with Crippen LogP contribution in [0.4, 0.5) is 5.69 Å². The Hall–Kier alpha value is -1.33. The number of halogens is 1. The Balaban J connectivity index is 2.07. The van der Waals surface area contributed by atoms with Crippen molar-refractivity contribution in [2.24, 2.45) is 0 Å². The van der Waals surface area contributed by atoms with E-state index in [0.29, 0.717) is 11.5 Å². The van der Waals surface area contributed by atoms with E-state index in [-0.39, 0.29) is 5.91 Å². The third kappa shape index (κ3) is 3.84. The zero-order chi connectivity index (χ0) is 14.5. The predicted molar refractivity (Wildman–Crippen MR) is 86.9 cm³/mol. The zero-order valence-electron chi connectivity index (χ0n) is 11.4. The molecule has 20 heavy (non-hydrogen) atoms. The summed E-state index contributed by atoms with van der Waals surface area (Å²) in [5.74, 6) is 0.671. The second kappa shape index (κ2) is 6.90. The first kappa shape index (κ1) is 15.1. The lowest BCUT2D eigenvalue weighted by molar-refractivity contribution is 0.103. The number of carbonyl (C=O) groups excluding carboxylic acids is 1. The SMILES string of the molecule is CCCOc1cccc(NC(=O)c2cc(C)c(Br)s2)c1. The quantitative estimate of drug-likeness (QED) is 0.833. The minimum absolute atomic E-state index is 0.101. The lowest BCUT2D eigenvalue weighted by Gasteiger charge is -2.07. The van der Waals surface area contributed by atoms with Gasteiger partial charge in [0.05, 0.1) is 15.3 Å². The monoisotopic (exact) mass is 353 g/mol. The van der Waals surface area contributed by atoms with Gasteiger partial charge in [0.2, 0.25) is 0 Å². The molecule has 0 aliphatic rings. The number of carbonyl (C=O) groups is 1. The molecular formula is C15H16BrNO2S. The molecule has 106 valence electrons. The van der Waals surface area contributed by atoms with E-state index in [2.05, 4.69) is 28.2 Å². The van der Waals surface area contributed by atoms with E-state index in [1.807, 2.05) is 37.3 Å². The van der Waals surface area contributed by atoms with Crippen molar-refractivity contribution in [3.05, 3.63) is 44.6 Å². The number of benzene rings is 1. The van der Waals surface area contributed by atoms with Gasteiger partial charge in [-0.2, -0.15) is 0 Å². The summed E-state index contributed by atoms with van der Waals surface area (Å²) in [6.45, 7) is 4.70. The number of amides is 1. The van der Waals surface area contributed by atoms with Gasteiger partial charge in [0.1, 0.15) is 5.75 Å². The maximum absolute atomic E-state index is 12.1. The summed E-state index contributed by atoms with van der Waals surface area (Å²) in [7, 11) is 0. The topological polar surface area (TPSA) is 38.3 Å². The van der Waals surface area contributed by atoms with E-state index in [4.69, 9.17) is 4.74 Å². The summed E-state index contributed by atoms with van der Waals surface area (Å²) >= 11 is 4.86. The Bertz CT molecular complexity index is 590. The lowest BCUT2D eigenvalue weighted by Crippen LogP contribution is -2.10. The Labute approximate surface area is 131 Å². The number of hydrogen-bond donors (Lipinski definition) is 1. The molecule has 1 N–H and O–H groups in total. The fourth-order valence-electron chi connectivity index (χ4n) is 1.65. The van der Waals surface area contributed by atoms with E-state index in [1.54, 1.807) is 0 Å². The molecule has 0 spiro atoms. The van der Waals surface area contributed by atoms with Crippen LogP contribution in [0.2, 0.25) is 0 Å². The van der Waals surface area contributed by atoms with Crippen LogP contribution in [0.3, 0.4) is 0 Å². The molecule has 1 heterocycles. The Morgan fingerprint density at radius 2 is 2.20 bits per heavy atom. The molecule has 0 saturated heterocycles. The first-order valence-electron chi connectivity index (χ1n) is 6.40. The fraction of sp³-hybridized carbons (Fsp3) is 0.267. The summed E-state index contributed by atoms with van der Waals surface area (Å²) in [4.78, 5) is 12.8. The van der Waals surface area contributed by atoms with E-state index >= 15 is 0 Å². The molecule has 1 aromatic heterocycles. The molecule has 0 radical (unpaired) electrons. The number of ether oxygens (including phenoxy) is 1. The molecular weight excluding hydrogens is 338 g/mol. The Morgan fingerprint density at radius 1 is 1.40 bits per heavy atom. The van der Waals surface area contributed by atoms with E-state index in [9.17, 15) is 4.79 Å². The Morgan fingerprint density at radius 3 is 2.85 bits per heavy atom.